The average Bonchev–Trinajstić information content (AvgIpc) is 2.67. The third kappa shape index (κ3) is 4.72. The Morgan fingerprint density at radius 3 is 2.50 bits per heavy atom. The van der Waals surface area contributed by atoms with Crippen LogP contribution in [0, 0.1) is 5.41 Å². The van der Waals surface area contributed by atoms with Crippen LogP contribution >= 0.6 is 0 Å². The summed E-state index contributed by atoms with van der Waals surface area (Å²) >= 11 is 0. The summed E-state index contributed by atoms with van der Waals surface area (Å²) in [7, 11) is 1.49. The highest BCUT2D eigenvalue weighted by Gasteiger charge is 2.35. The second-order valence-electron chi connectivity index (χ2n) is 8.42. The maximum absolute atomic E-state index is 11.5. The topological polar surface area (TPSA) is 59.0 Å². The van der Waals surface area contributed by atoms with E-state index in [1.54, 1.807) is 12.1 Å². The van der Waals surface area contributed by atoms with Gasteiger partial charge in [-0.05, 0) is 28.7 Å². The Labute approximate surface area is 166 Å². The van der Waals surface area contributed by atoms with Gasteiger partial charge in [-0.3, -0.25) is 4.90 Å². The molecule has 5 nitrogen and oxygen atoms in total. The van der Waals surface area contributed by atoms with Gasteiger partial charge in [0.05, 0.1) is 19.3 Å². The summed E-state index contributed by atoms with van der Waals surface area (Å²) in [6, 6.07) is 15.7. The van der Waals surface area contributed by atoms with Crippen molar-refractivity contribution in [3.8, 4) is 5.75 Å². The molecule has 150 valence electrons. The molecule has 0 aliphatic carbocycles. The second kappa shape index (κ2) is 8.33. The number of carboxylic acids is 1. The van der Waals surface area contributed by atoms with Crippen molar-refractivity contribution in [1.29, 1.82) is 0 Å². The molecular formula is C23H29NO4. The van der Waals surface area contributed by atoms with Crippen molar-refractivity contribution in [3.63, 3.8) is 0 Å². The van der Waals surface area contributed by atoms with Crippen LogP contribution in [0.1, 0.15) is 48.4 Å². The third-order valence-electron chi connectivity index (χ3n) is 5.21. The summed E-state index contributed by atoms with van der Waals surface area (Å²) in [5, 5.41) is 9.45. The zero-order chi connectivity index (χ0) is 20.3. The number of carboxylic acid groups (broad SMARTS) is 1. The molecule has 28 heavy (non-hydrogen) atoms. The number of rotatable bonds is 5. The predicted octanol–water partition coefficient (Wildman–Crippen LogP) is 4.38. The quantitative estimate of drug-likeness (QED) is 0.830. The minimum atomic E-state index is -0.976. The van der Waals surface area contributed by atoms with Crippen molar-refractivity contribution in [1.82, 2.24) is 4.90 Å². The van der Waals surface area contributed by atoms with Gasteiger partial charge in [0.15, 0.2) is 0 Å². The van der Waals surface area contributed by atoms with Crippen LogP contribution in [-0.4, -0.2) is 42.3 Å². The van der Waals surface area contributed by atoms with Crippen molar-refractivity contribution in [2.75, 3.05) is 20.2 Å². The number of morpholine rings is 1. The summed E-state index contributed by atoms with van der Waals surface area (Å²) in [6.45, 7) is 8.83. The molecule has 3 rings (SSSR count). The van der Waals surface area contributed by atoms with E-state index < -0.39 is 5.97 Å². The van der Waals surface area contributed by atoms with Gasteiger partial charge in [-0.1, -0.05) is 57.2 Å². The SMILES string of the molecule is COc1ccc(CN2C[C@@H](c3ccccc3)O[C@@H](C(C)(C)C)C2)cc1C(=O)O. The largest absolute Gasteiger partial charge is 0.496 e. The third-order valence-corrected chi connectivity index (χ3v) is 5.21. The molecule has 0 amide bonds. The van der Waals surface area contributed by atoms with E-state index in [0.717, 1.165) is 18.7 Å². The molecule has 2 aromatic carbocycles. The number of methoxy groups -OCH3 is 1. The Bertz CT molecular complexity index is 813. The second-order valence-corrected chi connectivity index (χ2v) is 8.42. The van der Waals surface area contributed by atoms with E-state index in [1.807, 2.05) is 24.3 Å². The normalized spacial score (nSPS) is 20.7. The lowest BCUT2D eigenvalue weighted by atomic mass is 9.87. The molecular weight excluding hydrogens is 354 g/mol. The van der Waals surface area contributed by atoms with Crippen molar-refractivity contribution in [3.05, 3.63) is 65.2 Å². The van der Waals surface area contributed by atoms with Crippen LogP contribution < -0.4 is 4.74 Å². The summed E-state index contributed by atoms with van der Waals surface area (Å²) in [5.74, 6) is -0.594. The van der Waals surface area contributed by atoms with Gasteiger partial charge < -0.3 is 14.6 Å². The highest BCUT2D eigenvalue weighted by atomic mass is 16.5. The van der Waals surface area contributed by atoms with Crippen molar-refractivity contribution < 1.29 is 19.4 Å². The number of hydrogen-bond donors (Lipinski definition) is 1. The van der Waals surface area contributed by atoms with E-state index in [1.165, 1.54) is 12.7 Å². The monoisotopic (exact) mass is 383 g/mol. The Kier molecular flexibility index (Phi) is 6.06. The van der Waals surface area contributed by atoms with Gasteiger partial charge >= 0.3 is 5.97 Å². The summed E-state index contributed by atoms with van der Waals surface area (Å²) < 4.78 is 11.6. The van der Waals surface area contributed by atoms with Crippen molar-refractivity contribution >= 4 is 5.97 Å². The molecule has 0 unspecified atom stereocenters. The van der Waals surface area contributed by atoms with Crippen LogP contribution in [0.3, 0.4) is 0 Å². The van der Waals surface area contributed by atoms with E-state index in [9.17, 15) is 9.90 Å². The number of carbonyl (C=O) groups is 1. The molecule has 1 aliphatic rings. The molecule has 1 saturated heterocycles. The Morgan fingerprint density at radius 2 is 1.89 bits per heavy atom. The van der Waals surface area contributed by atoms with Gasteiger partial charge in [-0.2, -0.15) is 0 Å². The average molecular weight is 383 g/mol. The highest BCUT2D eigenvalue weighted by molar-refractivity contribution is 5.91. The van der Waals surface area contributed by atoms with Crippen LogP contribution in [-0.2, 0) is 11.3 Å². The van der Waals surface area contributed by atoms with Crippen molar-refractivity contribution in [2.45, 2.75) is 39.5 Å². The molecule has 2 aromatic rings. The molecule has 1 heterocycles. The van der Waals surface area contributed by atoms with E-state index in [-0.39, 0.29) is 23.2 Å². The molecule has 1 N–H and O–H groups in total. The number of benzene rings is 2. The standard InChI is InChI=1S/C23H29NO4/c1-23(2,3)21-15-24(14-20(28-21)17-8-6-5-7-9-17)13-16-10-11-19(27-4)18(12-16)22(25)26/h5-12,20-21H,13-15H2,1-4H3,(H,25,26)/t20-,21+/m0/s1. The molecule has 0 radical (unpaired) electrons. The lowest BCUT2D eigenvalue weighted by Gasteiger charge is -2.43. The Hall–Kier alpha value is -2.37. The molecule has 2 atom stereocenters. The molecule has 0 spiro atoms. The molecule has 0 aromatic heterocycles. The molecule has 1 fully saturated rings. The first-order valence-electron chi connectivity index (χ1n) is 9.61. The Balaban J connectivity index is 1.84. The molecule has 5 heteroatoms. The Morgan fingerprint density at radius 1 is 1.18 bits per heavy atom. The summed E-state index contributed by atoms with van der Waals surface area (Å²) in [4.78, 5) is 13.9. The van der Waals surface area contributed by atoms with E-state index in [2.05, 4.69) is 37.8 Å². The van der Waals surface area contributed by atoms with Crippen LogP contribution in [0.4, 0.5) is 0 Å². The smallest absolute Gasteiger partial charge is 0.339 e. The maximum atomic E-state index is 11.5. The minimum Gasteiger partial charge on any atom is -0.496 e. The first-order chi connectivity index (χ1) is 13.3. The van der Waals surface area contributed by atoms with Crippen molar-refractivity contribution in [2.24, 2.45) is 5.41 Å². The zero-order valence-corrected chi connectivity index (χ0v) is 17.0. The van der Waals surface area contributed by atoms with Gasteiger partial charge in [0.1, 0.15) is 11.3 Å². The molecule has 1 aliphatic heterocycles. The number of aromatic carboxylic acids is 1. The highest BCUT2D eigenvalue weighted by Crippen LogP contribution is 2.34. The molecule has 0 saturated carbocycles. The lowest BCUT2D eigenvalue weighted by Crippen LogP contribution is -2.48. The fourth-order valence-corrected chi connectivity index (χ4v) is 3.57. The first kappa shape index (κ1) is 20.4. The fourth-order valence-electron chi connectivity index (χ4n) is 3.57. The molecule has 0 bridgehead atoms. The van der Waals surface area contributed by atoms with Crippen LogP contribution in [0.15, 0.2) is 48.5 Å². The van der Waals surface area contributed by atoms with Gasteiger partial charge in [0.2, 0.25) is 0 Å². The van der Waals surface area contributed by atoms with Crippen LogP contribution in [0.5, 0.6) is 5.75 Å². The number of ether oxygens (including phenoxy) is 2. The van der Waals surface area contributed by atoms with E-state index >= 15 is 0 Å². The predicted molar refractivity (Wildman–Crippen MR) is 109 cm³/mol. The van der Waals surface area contributed by atoms with Gasteiger partial charge in [-0.25, -0.2) is 4.79 Å². The first-order valence-corrected chi connectivity index (χ1v) is 9.61. The van der Waals surface area contributed by atoms with Gasteiger partial charge in [-0.15, -0.1) is 0 Å². The van der Waals surface area contributed by atoms with Gasteiger partial charge in [0, 0.05) is 19.6 Å². The van der Waals surface area contributed by atoms with E-state index in [4.69, 9.17) is 9.47 Å². The maximum Gasteiger partial charge on any atom is 0.339 e. The summed E-state index contributed by atoms with van der Waals surface area (Å²) in [5.41, 5.74) is 2.33. The lowest BCUT2D eigenvalue weighted by molar-refractivity contribution is -0.130. The minimum absolute atomic E-state index is 0.00336. The van der Waals surface area contributed by atoms with Crippen LogP contribution in [0.25, 0.3) is 0 Å². The zero-order valence-electron chi connectivity index (χ0n) is 17.0. The van der Waals surface area contributed by atoms with Crippen LogP contribution in [0.2, 0.25) is 0 Å². The van der Waals surface area contributed by atoms with Gasteiger partial charge in [0.25, 0.3) is 0 Å². The van der Waals surface area contributed by atoms with E-state index in [0.29, 0.717) is 12.3 Å². The number of nitrogens with zero attached hydrogens (tertiary/aromatic N) is 1. The summed E-state index contributed by atoms with van der Waals surface area (Å²) in [6.07, 6.45) is 0.0833. The number of hydrogen-bond acceptors (Lipinski definition) is 4. The fraction of sp³-hybridized carbons (Fsp3) is 0.435.